The van der Waals surface area contributed by atoms with Crippen LogP contribution in [0.3, 0.4) is 0 Å². The third-order valence-electron chi connectivity index (χ3n) is 7.59. The first-order valence-corrected chi connectivity index (χ1v) is 15.6. The van der Waals surface area contributed by atoms with Crippen molar-refractivity contribution in [1.29, 1.82) is 0 Å². The summed E-state index contributed by atoms with van der Waals surface area (Å²) in [5.74, 6) is -0.0520. The fourth-order valence-corrected chi connectivity index (χ4v) is 5.26. The standard InChI is InChI=1S/C37H49NO3/c1-3-5-7-8-9-10-21-28-35(39)34(38-36(40)29-14-6-4-2)30-41-37(31-22-15-11-16-23-31,32-24-17-12-18-25-32)33-26-19-13-20-27-33/h11-13,15-28,34-35,39H,3-10,14,29-30H2,1-2H3,(H,38,40)/b28-21+/t34-,35+/m0/s1/i36+2. The SMILES string of the molecule is CCCCCCC/C=C/[C@@H](O)[C@H](COC(c1ccccc1)(c1ccccc1)c1ccccc1)N[14C](=O)CCCCC. The fraction of sp³-hybridized carbons (Fsp3) is 0.432. The van der Waals surface area contributed by atoms with E-state index in [0.29, 0.717) is 6.42 Å². The van der Waals surface area contributed by atoms with Gasteiger partial charge in [-0.2, -0.15) is 0 Å². The zero-order valence-corrected chi connectivity index (χ0v) is 25.0. The number of unbranched alkanes of at least 4 members (excludes halogenated alkanes) is 7. The molecule has 220 valence electrons. The van der Waals surface area contributed by atoms with Crippen molar-refractivity contribution in [2.45, 2.75) is 95.8 Å². The van der Waals surface area contributed by atoms with Crippen LogP contribution < -0.4 is 5.32 Å². The Labute approximate surface area is 247 Å². The Morgan fingerprint density at radius 1 is 0.756 bits per heavy atom. The van der Waals surface area contributed by atoms with Crippen molar-refractivity contribution in [3.63, 3.8) is 0 Å². The van der Waals surface area contributed by atoms with Gasteiger partial charge in [0, 0.05) is 6.42 Å². The molecular formula is C37H49NO3. The molecule has 0 fully saturated rings. The predicted octanol–water partition coefficient (Wildman–Crippen LogP) is 8.34. The van der Waals surface area contributed by atoms with E-state index in [1.165, 1.54) is 25.7 Å². The topological polar surface area (TPSA) is 58.6 Å². The lowest BCUT2D eigenvalue weighted by atomic mass is 9.80. The molecule has 0 radical (unpaired) electrons. The molecule has 0 spiro atoms. The van der Waals surface area contributed by atoms with Crippen molar-refractivity contribution in [2.75, 3.05) is 6.61 Å². The summed E-state index contributed by atoms with van der Waals surface area (Å²) in [6, 6.07) is 30.0. The molecule has 2 atom stereocenters. The number of rotatable bonds is 19. The molecule has 0 aromatic heterocycles. The molecule has 0 saturated carbocycles. The van der Waals surface area contributed by atoms with Crippen LogP contribution in [0.5, 0.6) is 0 Å². The first kappa shape index (κ1) is 32.3. The van der Waals surface area contributed by atoms with E-state index in [-0.39, 0.29) is 12.5 Å². The van der Waals surface area contributed by atoms with Crippen LogP contribution in [-0.4, -0.2) is 29.8 Å². The van der Waals surface area contributed by atoms with E-state index in [4.69, 9.17) is 4.74 Å². The maximum atomic E-state index is 12.9. The number of carbonyl (C=O) groups is 1. The van der Waals surface area contributed by atoms with Crippen LogP contribution in [0.4, 0.5) is 0 Å². The van der Waals surface area contributed by atoms with Crippen LogP contribution in [0.1, 0.15) is 94.7 Å². The van der Waals surface area contributed by atoms with Crippen LogP contribution in [0, 0.1) is 0 Å². The highest BCUT2D eigenvalue weighted by atomic mass is 16.5. The van der Waals surface area contributed by atoms with Gasteiger partial charge in [-0.25, -0.2) is 0 Å². The summed E-state index contributed by atoms with van der Waals surface area (Å²) in [5, 5.41) is 14.4. The first-order valence-electron chi connectivity index (χ1n) is 15.6. The van der Waals surface area contributed by atoms with Gasteiger partial charge in [0.1, 0.15) is 5.60 Å². The van der Waals surface area contributed by atoms with Gasteiger partial charge >= 0.3 is 0 Å². The molecule has 0 heterocycles. The van der Waals surface area contributed by atoms with Gasteiger partial charge in [-0.15, -0.1) is 0 Å². The Bertz CT molecular complexity index is 1030. The third-order valence-corrected chi connectivity index (χ3v) is 7.59. The highest BCUT2D eigenvalue weighted by Crippen LogP contribution is 2.40. The molecule has 1 amide bonds. The summed E-state index contributed by atoms with van der Waals surface area (Å²) < 4.78 is 6.96. The summed E-state index contributed by atoms with van der Waals surface area (Å²) in [7, 11) is 0. The van der Waals surface area contributed by atoms with Crippen molar-refractivity contribution in [3.8, 4) is 0 Å². The van der Waals surface area contributed by atoms with Crippen LogP contribution in [0.25, 0.3) is 0 Å². The number of nitrogens with one attached hydrogen (secondary N) is 1. The zero-order valence-electron chi connectivity index (χ0n) is 25.0. The smallest absolute Gasteiger partial charge is 0.220 e. The number of ether oxygens (including phenoxy) is 1. The number of benzene rings is 3. The van der Waals surface area contributed by atoms with Gasteiger partial charge < -0.3 is 15.2 Å². The second kappa shape index (κ2) is 18.3. The van der Waals surface area contributed by atoms with E-state index in [2.05, 4.69) is 55.6 Å². The summed E-state index contributed by atoms with van der Waals surface area (Å²) in [6.07, 6.45) is 13.3. The molecule has 0 aliphatic rings. The number of hydrogen-bond acceptors (Lipinski definition) is 3. The quantitative estimate of drug-likeness (QED) is 0.0885. The molecule has 0 saturated heterocycles. The Morgan fingerprint density at radius 3 is 1.76 bits per heavy atom. The molecule has 2 N–H and O–H groups in total. The molecule has 0 aliphatic heterocycles. The molecule has 0 aliphatic carbocycles. The zero-order chi connectivity index (χ0) is 29.2. The van der Waals surface area contributed by atoms with Gasteiger partial charge in [0.05, 0.1) is 18.8 Å². The van der Waals surface area contributed by atoms with Crippen molar-refractivity contribution in [3.05, 3.63) is 120 Å². The number of aliphatic hydroxyl groups is 1. The van der Waals surface area contributed by atoms with Crippen LogP contribution in [0.2, 0.25) is 0 Å². The largest absolute Gasteiger partial charge is 0.387 e. The van der Waals surface area contributed by atoms with Crippen molar-refractivity contribution in [1.82, 2.24) is 5.32 Å². The Balaban J connectivity index is 1.89. The summed E-state index contributed by atoms with van der Waals surface area (Å²) in [6.45, 7) is 4.49. The summed E-state index contributed by atoms with van der Waals surface area (Å²) >= 11 is 0. The lowest BCUT2D eigenvalue weighted by Gasteiger charge is -2.37. The number of allylic oxidation sites excluding steroid dienone is 1. The van der Waals surface area contributed by atoms with Gasteiger partial charge in [0.2, 0.25) is 5.91 Å². The molecule has 0 bridgehead atoms. The average Bonchev–Trinajstić information content (AvgIpc) is 3.02. The van der Waals surface area contributed by atoms with E-state index in [0.717, 1.165) is 48.8 Å². The van der Waals surface area contributed by atoms with E-state index in [1.54, 1.807) is 0 Å². The second-order valence-electron chi connectivity index (χ2n) is 10.8. The monoisotopic (exact) mass is 557 g/mol. The van der Waals surface area contributed by atoms with Crippen LogP contribution in [-0.2, 0) is 15.1 Å². The highest BCUT2D eigenvalue weighted by molar-refractivity contribution is 5.76. The van der Waals surface area contributed by atoms with Gasteiger partial charge in [0.15, 0.2) is 0 Å². The minimum absolute atomic E-state index is 0.0520. The van der Waals surface area contributed by atoms with Crippen molar-refractivity contribution < 1.29 is 14.6 Å². The van der Waals surface area contributed by atoms with Gasteiger partial charge in [0.25, 0.3) is 0 Å². The minimum atomic E-state index is -0.919. The fourth-order valence-electron chi connectivity index (χ4n) is 5.26. The molecular weight excluding hydrogens is 508 g/mol. The highest BCUT2D eigenvalue weighted by Gasteiger charge is 2.38. The number of hydrogen-bond donors (Lipinski definition) is 2. The van der Waals surface area contributed by atoms with Crippen molar-refractivity contribution in [2.24, 2.45) is 0 Å². The number of amides is 1. The molecule has 3 aromatic carbocycles. The maximum absolute atomic E-state index is 12.9. The molecule has 4 heteroatoms. The van der Waals surface area contributed by atoms with Crippen molar-refractivity contribution >= 4 is 5.91 Å². The second-order valence-corrected chi connectivity index (χ2v) is 10.8. The molecule has 3 rings (SSSR count). The van der Waals surface area contributed by atoms with E-state index in [1.807, 2.05) is 66.7 Å². The maximum Gasteiger partial charge on any atom is 0.220 e. The third kappa shape index (κ3) is 9.98. The first-order chi connectivity index (χ1) is 20.1. The minimum Gasteiger partial charge on any atom is -0.387 e. The predicted molar refractivity (Wildman–Crippen MR) is 170 cm³/mol. The lowest BCUT2D eigenvalue weighted by Crippen LogP contribution is -2.48. The normalized spacial score (nSPS) is 13.2. The van der Waals surface area contributed by atoms with E-state index >= 15 is 0 Å². The summed E-state index contributed by atoms with van der Waals surface area (Å²) in [4.78, 5) is 12.9. The average molecular weight is 558 g/mol. The van der Waals surface area contributed by atoms with Crippen LogP contribution >= 0.6 is 0 Å². The Kier molecular flexibility index (Phi) is 14.4. The molecule has 0 unspecified atom stereocenters. The molecule has 3 aromatic rings. The molecule has 4 nitrogen and oxygen atoms in total. The van der Waals surface area contributed by atoms with Gasteiger partial charge in [-0.1, -0.05) is 156 Å². The van der Waals surface area contributed by atoms with Gasteiger partial charge in [-0.05, 0) is 36.0 Å². The van der Waals surface area contributed by atoms with Gasteiger partial charge in [-0.3, -0.25) is 4.79 Å². The van der Waals surface area contributed by atoms with Crippen LogP contribution in [0.15, 0.2) is 103 Å². The Hall–Kier alpha value is -3.21. The van der Waals surface area contributed by atoms with E-state index in [9.17, 15) is 9.90 Å². The number of aliphatic hydroxyl groups excluding tert-OH is 1. The number of carbonyl (C=O) groups excluding carboxylic acids is 1. The summed E-state index contributed by atoms with van der Waals surface area (Å²) in [5.41, 5.74) is 2.05. The molecule has 41 heavy (non-hydrogen) atoms. The van der Waals surface area contributed by atoms with E-state index < -0.39 is 17.7 Å². The Morgan fingerprint density at radius 2 is 1.24 bits per heavy atom. The lowest BCUT2D eigenvalue weighted by molar-refractivity contribution is -0.123.